The Morgan fingerprint density at radius 2 is 1.83 bits per heavy atom. The molecule has 2 aromatic rings. The molecule has 7 heteroatoms. The molecule has 1 saturated heterocycles. The second-order valence-electron chi connectivity index (χ2n) is 5.22. The zero-order valence-corrected chi connectivity index (χ0v) is 13.0. The Labute approximate surface area is 134 Å². The van der Waals surface area contributed by atoms with Crippen LogP contribution in [-0.4, -0.2) is 42.2 Å². The summed E-state index contributed by atoms with van der Waals surface area (Å²) in [7, 11) is 0. The third-order valence-corrected chi connectivity index (χ3v) is 3.44. The fourth-order valence-corrected chi connectivity index (χ4v) is 2.35. The molecule has 0 spiro atoms. The predicted octanol–water partition coefficient (Wildman–Crippen LogP) is 2.02. The molecule has 0 saturated carbocycles. The van der Waals surface area contributed by atoms with Crippen LogP contribution < -0.4 is 15.5 Å². The van der Waals surface area contributed by atoms with Crippen molar-refractivity contribution in [3.63, 3.8) is 0 Å². The first kappa shape index (κ1) is 15.2. The van der Waals surface area contributed by atoms with E-state index in [2.05, 4.69) is 25.5 Å². The van der Waals surface area contributed by atoms with Crippen LogP contribution in [-0.2, 0) is 9.53 Å². The van der Waals surface area contributed by atoms with E-state index in [1.807, 2.05) is 30.3 Å². The number of hydrogen-bond acceptors (Lipinski definition) is 6. The highest BCUT2D eigenvalue weighted by molar-refractivity contribution is 5.88. The minimum Gasteiger partial charge on any atom is -0.378 e. The van der Waals surface area contributed by atoms with Crippen molar-refractivity contribution in [2.24, 2.45) is 0 Å². The van der Waals surface area contributed by atoms with Crippen molar-refractivity contribution < 1.29 is 9.53 Å². The number of aromatic nitrogens is 2. The molecule has 0 atom stereocenters. The molecular weight excluding hydrogens is 294 g/mol. The molecule has 1 aliphatic heterocycles. The maximum atomic E-state index is 11.0. The van der Waals surface area contributed by atoms with Gasteiger partial charge in [-0.2, -0.15) is 4.98 Å². The van der Waals surface area contributed by atoms with Crippen molar-refractivity contribution in [2.75, 3.05) is 41.8 Å². The number of carbonyl (C=O) groups excluding carboxylic acids is 1. The SMILES string of the molecule is CC(=O)Nc1ccc(Nc2nccc(N3CCOCC3)n2)cc1. The van der Waals surface area contributed by atoms with Crippen molar-refractivity contribution in [1.82, 2.24) is 9.97 Å². The number of amides is 1. The van der Waals surface area contributed by atoms with Gasteiger partial charge in [-0.15, -0.1) is 0 Å². The Balaban J connectivity index is 1.68. The van der Waals surface area contributed by atoms with Crippen LogP contribution in [0.2, 0.25) is 0 Å². The van der Waals surface area contributed by atoms with E-state index >= 15 is 0 Å². The zero-order valence-electron chi connectivity index (χ0n) is 13.0. The molecule has 120 valence electrons. The quantitative estimate of drug-likeness (QED) is 0.899. The maximum Gasteiger partial charge on any atom is 0.229 e. The summed E-state index contributed by atoms with van der Waals surface area (Å²) in [5.74, 6) is 1.34. The lowest BCUT2D eigenvalue weighted by Gasteiger charge is -2.27. The van der Waals surface area contributed by atoms with Gasteiger partial charge < -0.3 is 20.3 Å². The Morgan fingerprint density at radius 1 is 1.13 bits per heavy atom. The molecule has 3 rings (SSSR count). The summed E-state index contributed by atoms with van der Waals surface area (Å²) in [5.41, 5.74) is 1.62. The molecule has 0 aliphatic carbocycles. The van der Waals surface area contributed by atoms with E-state index in [-0.39, 0.29) is 5.91 Å². The lowest BCUT2D eigenvalue weighted by atomic mass is 10.3. The van der Waals surface area contributed by atoms with Crippen molar-refractivity contribution in [3.05, 3.63) is 36.5 Å². The molecule has 1 fully saturated rings. The smallest absolute Gasteiger partial charge is 0.229 e. The lowest BCUT2D eigenvalue weighted by Crippen LogP contribution is -2.36. The third-order valence-electron chi connectivity index (χ3n) is 3.44. The number of nitrogens with zero attached hydrogens (tertiary/aromatic N) is 3. The average molecular weight is 313 g/mol. The second kappa shape index (κ2) is 7.06. The van der Waals surface area contributed by atoms with E-state index in [0.717, 1.165) is 43.5 Å². The number of nitrogens with one attached hydrogen (secondary N) is 2. The van der Waals surface area contributed by atoms with Crippen LogP contribution in [0, 0.1) is 0 Å². The molecule has 23 heavy (non-hydrogen) atoms. The van der Waals surface area contributed by atoms with E-state index in [9.17, 15) is 4.79 Å². The van der Waals surface area contributed by atoms with Gasteiger partial charge in [0, 0.05) is 37.6 Å². The van der Waals surface area contributed by atoms with Gasteiger partial charge >= 0.3 is 0 Å². The molecule has 0 radical (unpaired) electrons. The summed E-state index contributed by atoms with van der Waals surface area (Å²) in [4.78, 5) is 22.0. The maximum absolute atomic E-state index is 11.0. The largest absolute Gasteiger partial charge is 0.378 e. The van der Waals surface area contributed by atoms with Crippen molar-refractivity contribution >= 4 is 29.0 Å². The van der Waals surface area contributed by atoms with E-state index in [1.165, 1.54) is 6.92 Å². The minimum atomic E-state index is -0.0905. The van der Waals surface area contributed by atoms with Gasteiger partial charge in [-0.25, -0.2) is 4.98 Å². The summed E-state index contributed by atoms with van der Waals surface area (Å²) in [6.07, 6.45) is 1.74. The van der Waals surface area contributed by atoms with E-state index in [4.69, 9.17) is 4.74 Å². The first-order valence-electron chi connectivity index (χ1n) is 7.51. The standard InChI is InChI=1S/C16H19N5O2/c1-12(22)18-13-2-4-14(5-3-13)19-16-17-7-6-15(20-16)21-8-10-23-11-9-21/h2-7H,8-11H2,1H3,(H,18,22)(H,17,19,20). The fourth-order valence-electron chi connectivity index (χ4n) is 2.35. The molecule has 1 aromatic carbocycles. The number of hydrogen-bond donors (Lipinski definition) is 2. The van der Waals surface area contributed by atoms with Gasteiger partial charge in [0.25, 0.3) is 0 Å². The van der Waals surface area contributed by atoms with Crippen molar-refractivity contribution in [3.8, 4) is 0 Å². The first-order valence-corrected chi connectivity index (χ1v) is 7.51. The molecular formula is C16H19N5O2. The molecule has 2 heterocycles. The normalized spacial score (nSPS) is 14.4. The van der Waals surface area contributed by atoms with Crippen LogP contribution >= 0.6 is 0 Å². The van der Waals surface area contributed by atoms with Crippen LogP contribution in [0.1, 0.15) is 6.92 Å². The first-order chi connectivity index (χ1) is 11.2. The molecule has 2 N–H and O–H groups in total. The number of rotatable bonds is 4. The third kappa shape index (κ3) is 4.17. The lowest BCUT2D eigenvalue weighted by molar-refractivity contribution is -0.114. The van der Waals surface area contributed by atoms with Crippen LogP contribution in [0.15, 0.2) is 36.5 Å². The number of anilines is 4. The van der Waals surface area contributed by atoms with Gasteiger partial charge in [0.05, 0.1) is 13.2 Å². The van der Waals surface area contributed by atoms with Crippen LogP contribution in [0.5, 0.6) is 0 Å². The number of benzene rings is 1. The highest BCUT2D eigenvalue weighted by Gasteiger charge is 2.13. The molecule has 7 nitrogen and oxygen atoms in total. The van der Waals surface area contributed by atoms with Crippen molar-refractivity contribution in [2.45, 2.75) is 6.92 Å². The fraction of sp³-hybridized carbons (Fsp3) is 0.312. The molecule has 0 unspecified atom stereocenters. The second-order valence-corrected chi connectivity index (χ2v) is 5.22. The van der Waals surface area contributed by atoms with Crippen LogP contribution in [0.25, 0.3) is 0 Å². The van der Waals surface area contributed by atoms with Gasteiger partial charge in [0.2, 0.25) is 11.9 Å². The number of carbonyl (C=O) groups is 1. The Morgan fingerprint density at radius 3 is 2.52 bits per heavy atom. The highest BCUT2D eigenvalue weighted by Crippen LogP contribution is 2.19. The molecule has 1 aliphatic rings. The number of morpholine rings is 1. The molecule has 1 aromatic heterocycles. The Bertz CT molecular complexity index is 668. The molecule has 1 amide bonds. The van der Waals surface area contributed by atoms with E-state index in [1.54, 1.807) is 6.20 Å². The summed E-state index contributed by atoms with van der Waals surface area (Å²) in [5, 5.41) is 5.90. The summed E-state index contributed by atoms with van der Waals surface area (Å²) >= 11 is 0. The van der Waals surface area contributed by atoms with Gasteiger partial charge in [-0.3, -0.25) is 4.79 Å². The van der Waals surface area contributed by atoms with Crippen molar-refractivity contribution in [1.29, 1.82) is 0 Å². The minimum absolute atomic E-state index is 0.0905. The van der Waals surface area contributed by atoms with Gasteiger partial charge in [0.1, 0.15) is 5.82 Å². The highest BCUT2D eigenvalue weighted by atomic mass is 16.5. The van der Waals surface area contributed by atoms with Crippen LogP contribution in [0.4, 0.5) is 23.1 Å². The van der Waals surface area contributed by atoms with E-state index in [0.29, 0.717) is 5.95 Å². The van der Waals surface area contributed by atoms with E-state index < -0.39 is 0 Å². The summed E-state index contributed by atoms with van der Waals surface area (Å²) in [6, 6.07) is 9.30. The topological polar surface area (TPSA) is 79.4 Å². The number of ether oxygens (including phenoxy) is 1. The van der Waals surface area contributed by atoms with Gasteiger partial charge in [0.15, 0.2) is 0 Å². The monoisotopic (exact) mass is 313 g/mol. The Kier molecular flexibility index (Phi) is 4.68. The van der Waals surface area contributed by atoms with Gasteiger partial charge in [-0.1, -0.05) is 0 Å². The predicted molar refractivity (Wildman–Crippen MR) is 89.1 cm³/mol. The average Bonchev–Trinajstić information content (AvgIpc) is 2.57. The molecule has 0 bridgehead atoms. The summed E-state index contributed by atoms with van der Waals surface area (Å²) in [6.45, 7) is 4.59. The zero-order chi connectivity index (χ0) is 16.1. The van der Waals surface area contributed by atoms with Crippen LogP contribution in [0.3, 0.4) is 0 Å². The summed E-state index contributed by atoms with van der Waals surface area (Å²) < 4.78 is 5.36. The Hall–Kier alpha value is -2.67. The van der Waals surface area contributed by atoms with Gasteiger partial charge in [-0.05, 0) is 30.3 Å².